The van der Waals surface area contributed by atoms with Gasteiger partial charge in [-0.1, -0.05) is 18.2 Å². The largest absolute Gasteiger partial charge is 0.490 e. The quantitative estimate of drug-likeness (QED) is 0.496. The zero-order valence-electron chi connectivity index (χ0n) is 17.5. The molecule has 4 aromatic rings. The van der Waals surface area contributed by atoms with E-state index in [2.05, 4.69) is 0 Å². The van der Waals surface area contributed by atoms with Crippen LogP contribution in [-0.4, -0.2) is 28.2 Å². The molecule has 0 N–H and O–H groups in total. The Morgan fingerprint density at radius 1 is 1.03 bits per heavy atom. The number of carbonyl (C=O) groups excluding carboxylic acids is 1. The summed E-state index contributed by atoms with van der Waals surface area (Å²) in [6.07, 6.45) is 1.49. The van der Waals surface area contributed by atoms with E-state index in [1.807, 2.05) is 25.1 Å². The van der Waals surface area contributed by atoms with Crippen molar-refractivity contribution in [2.45, 2.75) is 20.0 Å². The minimum atomic E-state index is -0.559. The van der Waals surface area contributed by atoms with Gasteiger partial charge in [0.15, 0.2) is 0 Å². The first-order valence-electron chi connectivity index (χ1n) is 10.3. The molecule has 1 amide bonds. The molecule has 0 radical (unpaired) electrons. The number of hydrogen-bond donors (Lipinski definition) is 0. The number of rotatable bonds is 4. The number of amides is 1. The predicted octanol–water partition coefficient (Wildman–Crippen LogP) is 2.54. The molecule has 3 heterocycles. The van der Waals surface area contributed by atoms with Crippen molar-refractivity contribution in [2.75, 3.05) is 18.1 Å². The molecule has 1 aliphatic heterocycles. The molecule has 0 aliphatic carbocycles. The van der Waals surface area contributed by atoms with E-state index < -0.39 is 11.2 Å². The van der Waals surface area contributed by atoms with Crippen molar-refractivity contribution in [1.29, 1.82) is 0 Å². The van der Waals surface area contributed by atoms with E-state index in [0.29, 0.717) is 41.3 Å². The lowest BCUT2D eigenvalue weighted by molar-refractivity contribution is -0.119. The van der Waals surface area contributed by atoms with Crippen LogP contribution in [0.4, 0.5) is 5.69 Å². The van der Waals surface area contributed by atoms with Gasteiger partial charge in [-0.25, -0.2) is 4.79 Å². The molecular weight excluding hydrogens is 410 g/mol. The fourth-order valence-electron chi connectivity index (χ4n) is 4.03. The molecule has 1 aliphatic rings. The van der Waals surface area contributed by atoms with E-state index >= 15 is 0 Å². The van der Waals surface area contributed by atoms with Gasteiger partial charge in [0.05, 0.1) is 35.9 Å². The number of nitrogens with zero attached hydrogens (tertiary/aromatic N) is 3. The third-order valence-corrected chi connectivity index (χ3v) is 5.60. The second-order valence-electron chi connectivity index (χ2n) is 7.72. The maximum absolute atomic E-state index is 13.4. The Bertz CT molecular complexity index is 1430. The zero-order chi connectivity index (χ0) is 22.2. The lowest BCUT2D eigenvalue weighted by Crippen LogP contribution is -2.45. The van der Waals surface area contributed by atoms with Gasteiger partial charge in [0, 0.05) is 0 Å². The van der Waals surface area contributed by atoms with E-state index in [1.54, 1.807) is 41.3 Å². The van der Waals surface area contributed by atoms with E-state index in [-0.39, 0.29) is 19.0 Å². The molecular formula is C24H21N3O5. The first kappa shape index (κ1) is 19.9. The Morgan fingerprint density at radius 2 is 1.88 bits per heavy atom. The Morgan fingerprint density at radius 3 is 2.69 bits per heavy atom. The molecule has 0 bridgehead atoms. The van der Waals surface area contributed by atoms with Gasteiger partial charge >= 0.3 is 5.69 Å². The second-order valence-corrected chi connectivity index (χ2v) is 7.72. The van der Waals surface area contributed by atoms with Crippen LogP contribution in [-0.2, 0) is 17.9 Å². The van der Waals surface area contributed by atoms with Crippen molar-refractivity contribution in [1.82, 2.24) is 9.13 Å². The predicted molar refractivity (Wildman–Crippen MR) is 119 cm³/mol. The average molecular weight is 431 g/mol. The van der Waals surface area contributed by atoms with Crippen molar-refractivity contribution in [3.8, 4) is 5.75 Å². The first-order valence-corrected chi connectivity index (χ1v) is 10.3. The fraction of sp³-hybridized carbons (Fsp3) is 0.208. The summed E-state index contributed by atoms with van der Waals surface area (Å²) in [6.45, 7) is 2.48. The number of furan rings is 1. The molecule has 0 fully saturated rings. The summed E-state index contributed by atoms with van der Waals surface area (Å²) in [5.41, 5.74) is 1.13. The highest BCUT2D eigenvalue weighted by molar-refractivity contribution is 5.96. The summed E-state index contributed by atoms with van der Waals surface area (Å²) < 4.78 is 13.5. The van der Waals surface area contributed by atoms with Gasteiger partial charge < -0.3 is 14.1 Å². The third kappa shape index (κ3) is 3.39. The SMILES string of the molecule is Cc1ccc2c(c1)N(C(=O)Cn1c(=O)n(Cc3ccco3)c(=O)c3ccccc31)CCO2. The van der Waals surface area contributed by atoms with E-state index in [0.717, 1.165) is 10.1 Å². The minimum absolute atomic E-state index is 0.0106. The van der Waals surface area contributed by atoms with E-state index in [9.17, 15) is 14.4 Å². The summed E-state index contributed by atoms with van der Waals surface area (Å²) >= 11 is 0. The Hall–Kier alpha value is -4.07. The average Bonchev–Trinajstić information content (AvgIpc) is 3.32. The molecule has 0 atom stereocenters. The van der Waals surface area contributed by atoms with Crippen molar-refractivity contribution in [3.05, 3.63) is 93.0 Å². The molecule has 0 saturated heterocycles. The number of aromatic nitrogens is 2. The summed E-state index contributed by atoms with van der Waals surface area (Å²) in [4.78, 5) is 41.3. The van der Waals surface area contributed by atoms with Gasteiger partial charge in [0.2, 0.25) is 5.91 Å². The number of fused-ring (bicyclic) bond motifs is 2. The maximum Gasteiger partial charge on any atom is 0.332 e. The number of anilines is 1. The summed E-state index contributed by atoms with van der Waals surface area (Å²) in [6, 6.07) is 15.9. The Balaban J connectivity index is 1.59. The third-order valence-electron chi connectivity index (χ3n) is 5.60. The van der Waals surface area contributed by atoms with Crippen LogP contribution in [0.25, 0.3) is 10.9 Å². The van der Waals surface area contributed by atoms with E-state index in [4.69, 9.17) is 9.15 Å². The van der Waals surface area contributed by atoms with Gasteiger partial charge in [-0.15, -0.1) is 0 Å². The lowest BCUT2D eigenvalue weighted by atomic mass is 10.1. The lowest BCUT2D eigenvalue weighted by Gasteiger charge is -2.30. The summed E-state index contributed by atoms with van der Waals surface area (Å²) in [7, 11) is 0. The highest BCUT2D eigenvalue weighted by Gasteiger charge is 2.25. The molecule has 8 nitrogen and oxygen atoms in total. The van der Waals surface area contributed by atoms with Crippen LogP contribution in [0.3, 0.4) is 0 Å². The van der Waals surface area contributed by atoms with Gasteiger partial charge in [0.25, 0.3) is 5.56 Å². The van der Waals surface area contributed by atoms with Crippen molar-refractivity contribution in [3.63, 3.8) is 0 Å². The van der Waals surface area contributed by atoms with Gasteiger partial charge in [-0.2, -0.15) is 0 Å². The standard InChI is InChI=1S/C24H21N3O5/c1-16-8-9-21-20(13-16)25(10-12-32-21)22(28)15-26-19-7-3-2-6-18(19)23(29)27(24(26)30)14-17-5-4-11-31-17/h2-9,11,13H,10,12,14-15H2,1H3. The van der Waals surface area contributed by atoms with Crippen LogP contribution < -0.4 is 20.9 Å². The fourth-order valence-corrected chi connectivity index (χ4v) is 4.03. The molecule has 0 saturated carbocycles. The van der Waals surface area contributed by atoms with Crippen LogP contribution in [0.5, 0.6) is 5.75 Å². The van der Waals surface area contributed by atoms with Crippen LogP contribution >= 0.6 is 0 Å². The molecule has 32 heavy (non-hydrogen) atoms. The molecule has 0 unspecified atom stereocenters. The van der Waals surface area contributed by atoms with Gasteiger partial charge in [0.1, 0.15) is 24.7 Å². The topological polar surface area (TPSA) is 86.7 Å². The van der Waals surface area contributed by atoms with E-state index in [1.165, 1.54) is 10.8 Å². The number of ether oxygens (including phenoxy) is 1. The van der Waals surface area contributed by atoms with Crippen molar-refractivity contribution < 1.29 is 13.9 Å². The Kier molecular flexibility index (Phi) is 4.89. The normalized spacial score (nSPS) is 13.1. The van der Waals surface area contributed by atoms with Crippen molar-refractivity contribution in [2.24, 2.45) is 0 Å². The summed E-state index contributed by atoms with van der Waals surface area (Å²) in [5, 5.41) is 0.365. The number of aryl methyl sites for hydroxylation is 1. The molecule has 8 heteroatoms. The smallest absolute Gasteiger partial charge is 0.332 e. The van der Waals surface area contributed by atoms with Gasteiger partial charge in [-0.05, 0) is 48.9 Å². The highest BCUT2D eigenvalue weighted by Crippen LogP contribution is 2.32. The highest BCUT2D eigenvalue weighted by atomic mass is 16.5. The second kappa shape index (κ2) is 7.88. The van der Waals surface area contributed by atoms with Crippen LogP contribution in [0.2, 0.25) is 0 Å². The zero-order valence-corrected chi connectivity index (χ0v) is 17.5. The Labute approximate surface area is 182 Å². The number of para-hydroxylation sites is 1. The monoisotopic (exact) mass is 431 g/mol. The molecule has 162 valence electrons. The van der Waals surface area contributed by atoms with Gasteiger partial charge in [-0.3, -0.25) is 18.7 Å². The molecule has 2 aromatic heterocycles. The van der Waals surface area contributed by atoms with Crippen molar-refractivity contribution >= 4 is 22.5 Å². The number of carbonyl (C=O) groups is 1. The van der Waals surface area contributed by atoms with Crippen LogP contribution in [0.15, 0.2) is 74.9 Å². The summed E-state index contributed by atoms with van der Waals surface area (Å²) in [5.74, 6) is 0.862. The first-order chi connectivity index (χ1) is 15.5. The molecule has 0 spiro atoms. The molecule has 5 rings (SSSR count). The number of hydrogen-bond acceptors (Lipinski definition) is 5. The molecule has 2 aromatic carbocycles. The number of benzene rings is 2. The maximum atomic E-state index is 13.4. The minimum Gasteiger partial charge on any atom is -0.490 e. The van der Waals surface area contributed by atoms with Crippen LogP contribution in [0, 0.1) is 6.92 Å². The van der Waals surface area contributed by atoms with Crippen LogP contribution in [0.1, 0.15) is 11.3 Å².